The number of nitrogen functional groups attached to an aromatic ring is 1. The van der Waals surface area contributed by atoms with Gasteiger partial charge in [0, 0.05) is 23.9 Å². The average molecular weight is 416 g/mol. The maximum atomic E-state index is 9.41. The van der Waals surface area contributed by atoms with Gasteiger partial charge in [-0.1, -0.05) is 23.7 Å². The highest BCUT2D eigenvalue weighted by atomic mass is 35.5. The van der Waals surface area contributed by atoms with Crippen LogP contribution in [0, 0.1) is 12.8 Å². The molecule has 0 unspecified atom stereocenters. The number of nitrogens with one attached hydrogen (secondary N) is 1. The third kappa shape index (κ3) is 3.83. The zero-order valence-corrected chi connectivity index (χ0v) is 17.1. The van der Waals surface area contributed by atoms with Gasteiger partial charge in [-0.25, -0.2) is 4.98 Å². The van der Waals surface area contributed by atoms with Crippen molar-refractivity contribution < 1.29 is 5.11 Å². The second-order valence-corrected chi connectivity index (χ2v) is 8.41. The lowest BCUT2D eigenvalue weighted by atomic mass is 10.0. The Labute approximate surface area is 172 Å². The lowest BCUT2D eigenvalue weighted by Gasteiger charge is -2.18. The zero-order valence-electron chi connectivity index (χ0n) is 15.5. The molecule has 3 aromatic rings. The number of aliphatic hydroxyl groups excluding tert-OH is 1. The van der Waals surface area contributed by atoms with Gasteiger partial charge < -0.3 is 16.2 Å². The van der Waals surface area contributed by atoms with Gasteiger partial charge in [0.05, 0.1) is 16.1 Å². The molecule has 4 N–H and O–H groups in total. The minimum atomic E-state index is 0.133. The number of anilines is 2. The number of aromatic nitrogens is 3. The van der Waals surface area contributed by atoms with Gasteiger partial charge in [0.1, 0.15) is 11.0 Å². The van der Waals surface area contributed by atoms with E-state index >= 15 is 0 Å². The Hall–Kier alpha value is -2.22. The van der Waals surface area contributed by atoms with Crippen LogP contribution in [-0.4, -0.2) is 32.7 Å². The SMILES string of the molecule is Cc1nc(-c2cccs2)ccc1-c1c(Cl)nc(N)nc1N[C@H]1CC[C@@H](CO)C1. The van der Waals surface area contributed by atoms with Gasteiger partial charge in [-0.2, -0.15) is 4.98 Å². The summed E-state index contributed by atoms with van der Waals surface area (Å²) in [5, 5.41) is 15.2. The number of nitrogens with zero attached hydrogens (tertiary/aromatic N) is 3. The van der Waals surface area contributed by atoms with E-state index in [-0.39, 0.29) is 18.6 Å². The summed E-state index contributed by atoms with van der Waals surface area (Å²) in [5.74, 6) is 1.08. The monoisotopic (exact) mass is 415 g/mol. The molecule has 8 heteroatoms. The summed E-state index contributed by atoms with van der Waals surface area (Å²) >= 11 is 8.14. The van der Waals surface area contributed by atoms with Gasteiger partial charge >= 0.3 is 0 Å². The van der Waals surface area contributed by atoms with Crippen LogP contribution in [0.4, 0.5) is 11.8 Å². The van der Waals surface area contributed by atoms with Crippen molar-refractivity contribution >= 4 is 34.7 Å². The second-order valence-electron chi connectivity index (χ2n) is 7.11. The van der Waals surface area contributed by atoms with E-state index in [4.69, 9.17) is 22.3 Å². The fourth-order valence-electron chi connectivity index (χ4n) is 3.74. The largest absolute Gasteiger partial charge is 0.396 e. The van der Waals surface area contributed by atoms with Crippen molar-refractivity contribution in [1.82, 2.24) is 15.0 Å². The van der Waals surface area contributed by atoms with Crippen LogP contribution < -0.4 is 11.1 Å². The molecule has 3 aromatic heterocycles. The first-order chi connectivity index (χ1) is 13.5. The van der Waals surface area contributed by atoms with Crippen molar-refractivity contribution in [2.75, 3.05) is 17.7 Å². The normalized spacial score (nSPS) is 19.1. The van der Waals surface area contributed by atoms with Crippen molar-refractivity contribution in [3.63, 3.8) is 0 Å². The molecular formula is C20H22ClN5OS. The molecule has 146 valence electrons. The molecule has 0 saturated heterocycles. The van der Waals surface area contributed by atoms with Gasteiger partial charge in [0.2, 0.25) is 5.95 Å². The van der Waals surface area contributed by atoms with E-state index in [9.17, 15) is 5.11 Å². The number of nitrogens with two attached hydrogens (primary N) is 1. The van der Waals surface area contributed by atoms with E-state index in [2.05, 4.69) is 21.4 Å². The van der Waals surface area contributed by atoms with Gasteiger partial charge in [0.15, 0.2) is 0 Å². The van der Waals surface area contributed by atoms with Crippen LogP contribution in [0.15, 0.2) is 29.6 Å². The van der Waals surface area contributed by atoms with E-state index in [1.165, 1.54) is 0 Å². The van der Waals surface area contributed by atoms with Crippen molar-refractivity contribution in [3.05, 3.63) is 40.5 Å². The number of hydrogen-bond acceptors (Lipinski definition) is 7. The first-order valence-electron chi connectivity index (χ1n) is 9.27. The Balaban J connectivity index is 1.71. The molecule has 0 aromatic carbocycles. The van der Waals surface area contributed by atoms with Crippen LogP contribution >= 0.6 is 22.9 Å². The molecule has 3 heterocycles. The van der Waals surface area contributed by atoms with Gasteiger partial charge in [0.25, 0.3) is 0 Å². The number of halogens is 1. The number of aliphatic hydroxyl groups is 1. The lowest BCUT2D eigenvalue weighted by molar-refractivity contribution is 0.229. The molecule has 2 atom stereocenters. The highest BCUT2D eigenvalue weighted by Crippen LogP contribution is 2.38. The molecule has 4 rings (SSSR count). The molecule has 6 nitrogen and oxygen atoms in total. The van der Waals surface area contributed by atoms with E-state index in [1.54, 1.807) is 11.3 Å². The van der Waals surface area contributed by atoms with E-state index < -0.39 is 0 Å². The number of rotatable bonds is 5. The lowest BCUT2D eigenvalue weighted by Crippen LogP contribution is -2.19. The predicted molar refractivity (Wildman–Crippen MR) is 115 cm³/mol. The minimum absolute atomic E-state index is 0.133. The zero-order chi connectivity index (χ0) is 19.7. The molecule has 1 aliphatic carbocycles. The maximum absolute atomic E-state index is 9.41. The molecular weight excluding hydrogens is 394 g/mol. The third-order valence-electron chi connectivity index (χ3n) is 5.15. The van der Waals surface area contributed by atoms with Gasteiger partial charge in [-0.3, -0.25) is 4.98 Å². The summed E-state index contributed by atoms with van der Waals surface area (Å²) in [6, 6.07) is 8.28. The molecule has 28 heavy (non-hydrogen) atoms. The summed E-state index contributed by atoms with van der Waals surface area (Å²) in [6.07, 6.45) is 2.86. The number of aryl methyl sites for hydroxylation is 1. The minimum Gasteiger partial charge on any atom is -0.396 e. The van der Waals surface area contributed by atoms with Crippen LogP contribution in [0.1, 0.15) is 25.0 Å². The van der Waals surface area contributed by atoms with E-state index in [0.717, 1.165) is 41.1 Å². The van der Waals surface area contributed by atoms with E-state index in [1.807, 2.05) is 30.5 Å². The number of thiophene rings is 1. The van der Waals surface area contributed by atoms with Crippen LogP contribution in [0.25, 0.3) is 21.7 Å². The molecule has 0 radical (unpaired) electrons. The van der Waals surface area contributed by atoms with Crippen molar-refractivity contribution in [2.24, 2.45) is 5.92 Å². The Morgan fingerprint density at radius 3 is 2.79 bits per heavy atom. The summed E-state index contributed by atoms with van der Waals surface area (Å²) in [7, 11) is 0. The summed E-state index contributed by atoms with van der Waals surface area (Å²) in [4.78, 5) is 14.5. The smallest absolute Gasteiger partial charge is 0.223 e. The summed E-state index contributed by atoms with van der Waals surface area (Å²) in [5.41, 5.74) is 9.23. The topological polar surface area (TPSA) is 97.0 Å². The van der Waals surface area contributed by atoms with Crippen LogP contribution in [-0.2, 0) is 0 Å². The summed E-state index contributed by atoms with van der Waals surface area (Å²) in [6.45, 7) is 2.17. The number of hydrogen-bond donors (Lipinski definition) is 3. The highest BCUT2D eigenvalue weighted by molar-refractivity contribution is 7.13. The van der Waals surface area contributed by atoms with Gasteiger partial charge in [-0.15, -0.1) is 11.3 Å². The highest BCUT2D eigenvalue weighted by Gasteiger charge is 2.26. The molecule has 0 spiro atoms. The molecule has 0 aliphatic heterocycles. The third-order valence-corrected chi connectivity index (χ3v) is 6.32. The van der Waals surface area contributed by atoms with Gasteiger partial charge in [-0.05, 0) is 49.6 Å². The number of pyridine rings is 1. The average Bonchev–Trinajstić information content (AvgIpc) is 3.34. The first kappa shape index (κ1) is 19.1. The Morgan fingerprint density at radius 2 is 2.11 bits per heavy atom. The predicted octanol–water partition coefficient (Wildman–Crippen LogP) is 4.38. The maximum Gasteiger partial charge on any atom is 0.223 e. The second kappa shape index (κ2) is 8.03. The Bertz CT molecular complexity index is 979. The molecule has 0 amide bonds. The van der Waals surface area contributed by atoms with Crippen molar-refractivity contribution in [2.45, 2.75) is 32.2 Å². The van der Waals surface area contributed by atoms with Crippen molar-refractivity contribution in [3.8, 4) is 21.7 Å². The molecule has 0 bridgehead atoms. The summed E-state index contributed by atoms with van der Waals surface area (Å²) < 4.78 is 0. The standard InChI is InChI=1S/C20H22ClN5OS/c1-11-14(6-7-15(23-11)16-3-2-8-28-16)17-18(21)25-20(22)26-19(17)24-13-5-4-12(9-13)10-27/h2-3,6-8,12-13,27H,4-5,9-10H2,1H3,(H3,22,24,25,26)/t12-,13+/m1/s1. The van der Waals surface area contributed by atoms with Crippen LogP contribution in [0.3, 0.4) is 0 Å². The Morgan fingerprint density at radius 1 is 1.25 bits per heavy atom. The fraction of sp³-hybridized carbons (Fsp3) is 0.350. The molecule has 1 saturated carbocycles. The van der Waals surface area contributed by atoms with Crippen LogP contribution in [0.5, 0.6) is 0 Å². The van der Waals surface area contributed by atoms with Crippen LogP contribution in [0.2, 0.25) is 5.15 Å². The van der Waals surface area contributed by atoms with E-state index in [0.29, 0.717) is 22.5 Å². The quantitative estimate of drug-likeness (QED) is 0.535. The van der Waals surface area contributed by atoms with Crippen molar-refractivity contribution in [1.29, 1.82) is 0 Å². The molecule has 1 fully saturated rings. The first-order valence-corrected chi connectivity index (χ1v) is 10.5. The molecule has 1 aliphatic rings. The fourth-order valence-corrected chi connectivity index (χ4v) is 4.72. The Kier molecular flexibility index (Phi) is 5.48.